The van der Waals surface area contributed by atoms with Gasteiger partial charge in [0.25, 0.3) is 11.8 Å². The van der Waals surface area contributed by atoms with E-state index in [-0.39, 0.29) is 34.2 Å². The zero-order valence-corrected chi connectivity index (χ0v) is 20.6. The first-order valence-corrected chi connectivity index (χ1v) is 11.4. The standard InChI is InChI=1S/C23H22ClF5N6O2/c1-10-4-11(16-6-13(23(27,28)29)18-19(30)31-9-32-35(16)18)5-12(17(10)24)20(36)33-15-8-34(7-14(15)25)21(37)22(2,3)26/h4-6,9,14-15H,7-8H2,1-3H3,(H,33,36)(H2,30,31,32)/t14-,15+/m0/s1. The molecule has 3 aromatic rings. The quantitative estimate of drug-likeness (QED) is 0.483. The number of fused-ring (bicyclic) bond motifs is 1. The fourth-order valence-electron chi connectivity index (χ4n) is 4.26. The first-order valence-electron chi connectivity index (χ1n) is 11.0. The summed E-state index contributed by atoms with van der Waals surface area (Å²) in [5.41, 5.74) is 2.32. The summed E-state index contributed by atoms with van der Waals surface area (Å²) in [6.45, 7) is 2.99. The van der Waals surface area contributed by atoms with Gasteiger partial charge in [-0.3, -0.25) is 9.59 Å². The summed E-state index contributed by atoms with van der Waals surface area (Å²) in [6, 6.07) is 2.41. The van der Waals surface area contributed by atoms with Gasteiger partial charge in [-0.15, -0.1) is 0 Å². The number of nitrogens with zero attached hydrogens (tertiary/aromatic N) is 4. The van der Waals surface area contributed by atoms with E-state index in [1.807, 2.05) is 0 Å². The van der Waals surface area contributed by atoms with Crippen molar-refractivity contribution >= 4 is 34.7 Å². The number of carbonyl (C=O) groups is 2. The fourth-order valence-corrected chi connectivity index (χ4v) is 4.46. The minimum absolute atomic E-state index is 0.00137. The van der Waals surface area contributed by atoms with Gasteiger partial charge < -0.3 is 16.0 Å². The molecule has 198 valence electrons. The van der Waals surface area contributed by atoms with Crippen molar-refractivity contribution in [2.45, 2.75) is 44.8 Å². The number of aryl methyl sites for hydroxylation is 1. The molecule has 0 radical (unpaired) electrons. The van der Waals surface area contributed by atoms with Crippen molar-refractivity contribution in [2.24, 2.45) is 0 Å². The zero-order valence-electron chi connectivity index (χ0n) is 19.8. The van der Waals surface area contributed by atoms with Crippen LogP contribution in [0.25, 0.3) is 16.8 Å². The van der Waals surface area contributed by atoms with E-state index in [0.717, 1.165) is 35.7 Å². The van der Waals surface area contributed by atoms with Gasteiger partial charge in [0, 0.05) is 12.1 Å². The van der Waals surface area contributed by atoms with Crippen LogP contribution in [0.3, 0.4) is 0 Å². The van der Waals surface area contributed by atoms with Gasteiger partial charge in [-0.2, -0.15) is 18.3 Å². The van der Waals surface area contributed by atoms with E-state index in [9.17, 15) is 31.5 Å². The number of amides is 2. The number of nitrogen functional groups attached to an aromatic ring is 1. The maximum absolute atomic E-state index is 14.6. The number of benzene rings is 1. The molecular formula is C23H22ClF5N6O2. The Morgan fingerprint density at radius 2 is 1.84 bits per heavy atom. The average molecular weight is 545 g/mol. The fraction of sp³-hybridized carbons (Fsp3) is 0.391. The number of aromatic nitrogens is 3. The van der Waals surface area contributed by atoms with E-state index >= 15 is 0 Å². The highest BCUT2D eigenvalue weighted by Crippen LogP contribution is 2.39. The third-order valence-electron chi connectivity index (χ3n) is 6.04. The molecule has 4 rings (SSSR count). The summed E-state index contributed by atoms with van der Waals surface area (Å²) in [5, 5.41) is 6.35. The Kier molecular flexibility index (Phi) is 6.55. The first kappa shape index (κ1) is 26.6. The number of nitrogens with two attached hydrogens (primary N) is 1. The van der Waals surface area contributed by atoms with Crippen molar-refractivity contribution in [1.29, 1.82) is 0 Å². The van der Waals surface area contributed by atoms with Gasteiger partial charge in [0.1, 0.15) is 18.0 Å². The molecule has 0 unspecified atom stereocenters. The van der Waals surface area contributed by atoms with Crippen molar-refractivity contribution in [3.8, 4) is 11.3 Å². The molecule has 3 heterocycles. The van der Waals surface area contributed by atoms with Crippen LogP contribution >= 0.6 is 11.6 Å². The number of nitrogens with one attached hydrogen (secondary N) is 1. The summed E-state index contributed by atoms with van der Waals surface area (Å²) < 4.78 is 70.7. The Bertz CT molecular complexity index is 1400. The van der Waals surface area contributed by atoms with E-state index in [2.05, 4.69) is 15.4 Å². The topological polar surface area (TPSA) is 106 Å². The zero-order chi connectivity index (χ0) is 27.4. The van der Waals surface area contributed by atoms with Crippen molar-refractivity contribution < 1.29 is 31.5 Å². The minimum Gasteiger partial charge on any atom is -0.382 e. The van der Waals surface area contributed by atoms with Crippen LogP contribution in [0, 0.1) is 6.92 Å². The monoisotopic (exact) mass is 544 g/mol. The highest BCUT2D eigenvalue weighted by Gasteiger charge is 2.42. The van der Waals surface area contributed by atoms with E-state index < -0.39 is 53.5 Å². The van der Waals surface area contributed by atoms with Crippen LogP contribution in [0.15, 0.2) is 24.5 Å². The number of likely N-dealkylation sites (tertiary alicyclic amines) is 1. The normalized spacial score (nSPS) is 18.5. The van der Waals surface area contributed by atoms with Gasteiger partial charge in [-0.1, -0.05) is 11.6 Å². The number of rotatable bonds is 4. The molecule has 8 nitrogen and oxygen atoms in total. The van der Waals surface area contributed by atoms with Gasteiger partial charge in [0.15, 0.2) is 11.5 Å². The summed E-state index contributed by atoms with van der Waals surface area (Å²) in [4.78, 5) is 29.9. The lowest BCUT2D eigenvalue weighted by Crippen LogP contribution is -2.44. The van der Waals surface area contributed by atoms with Crippen LogP contribution < -0.4 is 11.1 Å². The number of alkyl halides is 5. The third kappa shape index (κ3) is 4.91. The molecule has 1 aliphatic heterocycles. The SMILES string of the molecule is Cc1cc(-c2cc(C(F)(F)F)c3c(N)ncnn23)cc(C(=O)N[C@@H]2CN(C(=O)C(C)(C)F)C[C@@H]2F)c1Cl. The molecule has 2 aromatic heterocycles. The Balaban J connectivity index is 1.70. The second-order valence-corrected chi connectivity index (χ2v) is 9.66. The van der Waals surface area contributed by atoms with Crippen molar-refractivity contribution in [2.75, 3.05) is 18.8 Å². The third-order valence-corrected chi connectivity index (χ3v) is 6.55. The molecule has 1 aromatic carbocycles. The number of hydrogen-bond acceptors (Lipinski definition) is 5. The second-order valence-electron chi connectivity index (χ2n) is 9.28. The lowest BCUT2D eigenvalue weighted by molar-refractivity contribution is -0.141. The summed E-state index contributed by atoms with van der Waals surface area (Å²) in [6.07, 6.45) is -5.43. The molecule has 37 heavy (non-hydrogen) atoms. The van der Waals surface area contributed by atoms with Gasteiger partial charge in [0.2, 0.25) is 0 Å². The average Bonchev–Trinajstić information content (AvgIpc) is 3.36. The minimum atomic E-state index is -4.76. The van der Waals surface area contributed by atoms with Crippen molar-refractivity contribution in [1.82, 2.24) is 24.8 Å². The molecule has 2 amide bonds. The highest BCUT2D eigenvalue weighted by atomic mass is 35.5. The van der Waals surface area contributed by atoms with Gasteiger partial charge in [0.05, 0.1) is 34.4 Å². The Morgan fingerprint density at radius 3 is 2.46 bits per heavy atom. The number of hydrogen-bond donors (Lipinski definition) is 2. The van der Waals surface area contributed by atoms with Crippen LogP contribution in [0.4, 0.5) is 27.8 Å². The highest BCUT2D eigenvalue weighted by molar-refractivity contribution is 6.34. The van der Waals surface area contributed by atoms with E-state index in [4.69, 9.17) is 17.3 Å². The lowest BCUT2D eigenvalue weighted by Gasteiger charge is -2.22. The van der Waals surface area contributed by atoms with E-state index in [1.54, 1.807) is 6.92 Å². The van der Waals surface area contributed by atoms with Crippen molar-refractivity contribution in [3.05, 3.63) is 46.2 Å². The van der Waals surface area contributed by atoms with E-state index in [1.165, 1.54) is 12.1 Å². The Morgan fingerprint density at radius 1 is 1.16 bits per heavy atom. The molecule has 14 heteroatoms. The molecule has 1 saturated heterocycles. The second kappa shape index (κ2) is 9.12. The molecular weight excluding hydrogens is 523 g/mol. The number of anilines is 1. The largest absolute Gasteiger partial charge is 0.418 e. The van der Waals surface area contributed by atoms with Crippen LogP contribution in [-0.4, -0.2) is 62.3 Å². The van der Waals surface area contributed by atoms with Crippen LogP contribution in [0.1, 0.15) is 35.3 Å². The molecule has 2 atom stereocenters. The molecule has 0 saturated carbocycles. The molecule has 0 bridgehead atoms. The van der Waals surface area contributed by atoms with Crippen molar-refractivity contribution in [3.63, 3.8) is 0 Å². The predicted octanol–water partition coefficient (Wildman–Crippen LogP) is 3.99. The predicted molar refractivity (Wildman–Crippen MR) is 126 cm³/mol. The smallest absolute Gasteiger partial charge is 0.382 e. The maximum atomic E-state index is 14.6. The van der Waals surface area contributed by atoms with Crippen LogP contribution in [0.2, 0.25) is 5.02 Å². The molecule has 3 N–H and O–H groups in total. The summed E-state index contributed by atoms with van der Waals surface area (Å²) in [5.74, 6) is -2.12. The first-order chi connectivity index (χ1) is 17.1. The lowest BCUT2D eigenvalue weighted by atomic mass is 10.0. The van der Waals surface area contributed by atoms with Gasteiger partial charge in [-0.25, -0.2) is 18.3 Å². The summed E-state index contributed by atoms with van der Waals surface area (Å²) in [7, 11) is 0. The van der Waals surface area contributed by atoms with Crippen LogP contribution in [0.5, 0.6) is 0 Å². The number of carbonyl (C=O) groups excluding carboxylic acids is 2. The van der Waals surface area contributed by atoms with Gasteiger partial charge in [-0.05, 0) is 44.5 Å². The molecule has 0 spiro atoms. The number of halogens is 6. The molecule has 1 aliphatic rings. The molecule has 0 aliphatic carbocycles. The Hall–Kier alpha value is -3.48. The van der Waals surface area contributed by atoms with Crippen LogP contribution in [-0.2, 0) is 11.0 Å². The maximum Gasteiger partial charge on any atom is 0.418 e. The van der Waals surface area contributed by atoms with E-state index in [0.29, 0.717) is 5.56 Å². The Labute approximate surface area is 212 Å². The molecule has 1 fully saturated rings. The summed E-state index contributed by atoms with van der Waals surface area (Å²) >= 11 is 6.33. The van der Waals surface area contributed by atoms with Gasteiger partial charge >= 0.3 is 6.18 Å².